The lowest BCUT2D eigenvalue weighted by molar-refractivity contribution is -0.200. The molecule has 0 saturated carbocycles. The predicted molar refractivity (Wildman–Crippen MR) is 157 cm³/mol. The first-order valence-corrected chi connectivity index (χ1v) is 14.5. The van der Waals surface area contributed by atoms with E-state index in [2.05, 4.69) is 0 Å². The van der Waals surface area contributed by atoms with Crippen molar-refractivity contribution in [1.29, 1.82) is 0 Å². The van der Waals surface area contributed by atoms with Gasteiger partial charge in [0.1, 0.15) is 36.9 Å². The molecule has 0 amide bonds. The Kier molecular flexibility index (Phi) is 9.24. The van der Waals surface area contributed by atoms with Crippen LogP contribution in [0.15, 0.2) is 46.1 Å². The van der Waals surface area contributed by atoms with E-state index >= 15 is 0 Å². The van der Waals surface area contributed by atoms with Gasteiger partial charge in [0.05, 0.1) is 23.8 Å². The van der Waals surface area contributed by atoms with Crippen LogP contribution in [0.3, 0.4) is 0 Å². The molecule has 0 spiro atoms. The average molecular weight is 683 g/mol. The molecule has 3 heterocycles. The smallest absolute Gasteiger partial charge is 0.335 e. The molecule has 2 aliphatic rings. The van der Waals surface area contributed by atoms with Crippen LogP contribution in [0.4, 0.5) is 0 Å². The summed E-state index contributed by atoms with van der Waals surface area (Å²) in [6.45, 7) is 2.51. The molecule has 0 radical (unpaired) electrons. The average Bonchev–Trinajstić information content (AvgIpc) is 3.39. The summed E-state index contributed by atoms with van der Waals surface area (Å²) >= 11 is 32.4. The first kappa shape index (κ1) is 31.6. The zero-order chi connectivity index (χ0) is 30.5. The van der Waals surface area contributed by atoms with E-state index in [9.17, 15) is 14.7 Å². The van der Waals surface area contributed by atoms with Gasteiger partial charge in [0.25, 0.3) is 5.56 Å². The highest BCUT2D eigenvalue weighted by Crippen LogP contribution is 2.45. The molecular weight excluding hydrogens is 658 g/mol. The van der Waals surface area contributed by atoms with Crippen LogP contribution in [0.1, 0.15) is 37.3 Å². The number of rotatable bonds is 8. The van der Waals surface area contributed by atoms with E-state index < -0.39 is 54.4 Å². The minimum absolute atomic E-state index is 0.139. The maximum Gasteiger partial charge on any atom is 0.335 e. The molecule has 1 aromatic heterocycles. The van der Waals surface area contributed by atoms with Crippen molar-refractivity contribution < 1.29 is 28.8 Å². The van der Waals surface area contributed by atoms with Crippen molar-refractivity contribution in [3.63, 3.8) is 0 Å². The Morgan fingerprint density at radius 2 is 1.52 bits per heavy atom. The minimum atomic E-state index is -1.15. The summed E-state index contributed by atoms with van der Waals surface area (Å²) in [5.74, 6) is -0.576. The van der Waals surface area contributed by atoms with Gasteiger partial charge in [0, 0.05) is 38.5 Å². The van der Waals surface area contributed by atoms with E-state index in [1.807, 2.05) is 0 Å². The lowest BCUT2D eigenvalue weighted by Gasteiger charge is -2.26. The summed E-state index contributed by atoms with van der Waals surface area (Å²) in [5, 5.41) is 10.7. The monoisotopic (exact) mass is 680 g/mol. The van der Waals surface area contributed by atoms with Crippen molar-refractivity contribution in [3.8, 4) is 5.75 Å². The highest BCUT2D eigenvalue weighted by atomic mass is 35.5. The molecule has 2 saturated heterocycles. The van der Waals surface area contributed by atoms with Crippen molar-refractivity contribution in [1.82, 2.24) is 9.13 Å². The third-order valence-electron chi connectivity index (χ3n) is 6.90. The van der Waals surface area contributed by atoms with Crippen LogP contribution in [0.5, 0.6) is 5.75 Å². The van der Waals surface area contributed by atoms with Gasteiger partial charge in [-0.25, -0.2) is 9.36 Å². The zero-order valence-corrected chi connectivity index (χ0v) is 26.1. The molecule has 2 fully saturated rings. The normalized spacial score (nSPS) is 23.6. The molecule has 2 aromatic carbocycles. The summed E-state index contributed by atoms with van der Waals surface area (Å²) in [7, 11) is 1.46. The number of benzene rings is 2. The van der Waals surface area contributed by atoms with E-state index in [1.165, 1.54) is 48.2 Å². The number of aliphatic hydroxyl groups is 1. The molecule has 2 aliphatic heterocycles. The van der Waals surface area contributed by atoms with Crippen LogP contribution in [-0.4, -0.2) is 52.1 Å². The molecular formula is C27H25Cl5N2O8. The Labute approximate surface area is 265 Å². The summed E-state index contributed by atoms with van der Waals surface area (Å²) in [4.78, 5) is 26.6. The SMILES string of the molecule is COc1cc(Cl)c([C@H](OCn2c(=O)ccn([C@@H]3O[C@H](CO)[C@H]4OC(C)(C)O[C@H]43)c2=O)c2c(Cl)cc(Cl)cc2Cl)c(Cl)c1. The predicted octanol–water partition coefficient (Wildman–Crippen LogP) is 5.46. The number of aliphatic hydroxyl groups excluding tert-OH is 1. The first-order valence-electron chi connectivity index (χ1n) is 12.6. The number of nitrogens with zero attached hydrogens (tertiary/aromatic N) is 2. The fourth-order valence-electron chi connectivity index (χ4n) is 5.07. The van der Waals surface area contributed by atoms with Crippen LogP contribution in [0, 0.1) is 0 Å². The second-order valence-electron chi connectivity index (χ2n) is 10.0. The Morgan fingerprint density at radius 1 is 0.952 bits per heavy atom. The van der Waals surface area contributed by atoms with Gasteiger partial charge in [-0.3, -0.25) is 9.36 Å². The van der Waals surface area contributed by atoms with Gasteiger partial charge in [-0.2, -0.15) is 0 Å². The zero-order valence-electron chi connectivity index (χ0n) is 22.4. The molecule has 1 N–H and O–H groups in total. The lowest BCUT2D eigenvalue weighted by Crippen LogP contribution is -2.43. The summed E-state index contributed by atoms with van der Waals surface area (Å²) in [5.41, 5.74) is -0.905. The number of halogens is 5. The highest BCUT2D eigenvalue weighted by Gasteiger charge is 2.56. The topological polar surface area (TPSA) is 110 Å². The van der Waals surface area contributed by atoms with Crippen LogP contribution < -0.4 is 16.0 Å². The summed E-state index contributed by atoms with van der Waals surface area (Å²) in [6.07, 6.45) is -2.95. The Balaban J connectivity index is 1.55. The van der Waals surface area contributed by atoms with E-state index in [4.69, 9.17) is 81.7 Å². The van der Waals surface area contributed by atoms with E-state index in [0.29, 0.717) is 5.75 Å². The number of hydrogen-bond donors (Lipinski definition) is 1. The molecule has 0 unspecified atom stereocenters. The Morgan fingerprint density at radius 3 is 2.10 bits per heavy atom. The number of hydrogen-bond acceptors (Lipinski definition) is 8. The second-order valence-corrected chi connectivity index (χ2v) is 12.1. The molecule has 42 heavy (non-hydrogen) atoms. The number of aromatic nitrogens is 2. The maximum atomic E-state index is 13.7. The van der Waals surface area contributed by atoms with Crippen molar-refractivity contribution >= 4 is 58.0 Å². The van der Waals surface area contributed by atoms with Gasteiger partial charge >= 0.3 is 5.69 Å². The first-order chi connectivity index (χ1) is 19.8. The summed E-state index contributed by atoms with van der Waals surface area (Å²) in [6, 6.07) is 7.15. The summed E-state index contributed by atoms with van der Waals surface area (Å²) < 4.78 is 31.2. The van der Waals surface area contributed by atoms with Gasteiger partial charge in [0.15, 0.2) is 12.0 Å². The molecule has 15 heteroatoms. The minimum Gasteiger partial charge on any atom is -0.497 e. The lowest BCUT2D eigenvalue weighted by atomic mass is 10.0. The van der Waals surface area contributed by atoms with Gasteiger partial charge < -0.3 is 28.8 Å². The van der Waals surface area contributed by atoms with Gasteiger partial charge in [-0.15, -0.1) is 0 Å². The van der Waals surface area contributed by atoms with Crippen LogP contribution >= 0.6 is 58.0 Å². The van der Waals surface area contributed by atoms with Crippen molar-refractivity contribution in [2.24, 2.45) is 0 Å². The van der Waals surface area contributed by atoms with Crippen molar-refractivity contribution in [3.05, 3.63) is 93.6 Å². The molecule has 5 atom stereocenters. The molecule has 10 nitrogen and oxygen atoms in total. The number of ether oxygens (including phenoxy) is 5. The van der Waals surface area contributed by atoms with Crippen LogP contribution in [-0.2, 0) is 25.7 Å². The third kappa shape index (κ3) is 5.95. The fraction of sp³-hybridized carbons (Fsp3) is 0.407. The van der Waals surface area contributed by atoms with E-state index in [-0.39, 0.29) is 42.8 Å². The van der Waals surface area contributed by atoms with Crippen molar-refractivity contribution in [2.45, 2.75) is 57.0 Å². The Hall–Kier alpha value is -1.83. The number of fused-ring (bicyclic) bond motifs is 1. The molecule has 0 aliphatic carbocycles. The quantitative estimate of drug-likeness (QED) is 0.334. The highest BCUT2D eigenvalue weighted by molar-refractivity contribution is 6.40. The van der Waals surface area contributed by atoms with Crippen LogP contribution in [0.25, 0.3) is 0 Å². The largest absolute Gasteiger partial charge is 0.497 e. The second kappa shape index (κ2) is 12.3. The van der Waals surface area contributed by atoms with Crippen molar-refractivity contribution in [2.75, 3.05) is 13.7 Å². The molecule has 0 bridgehead atoms. The van der Waals surface area contributed by atoms with Gasteiger partial charge in [-0.1, -0.05) is 58.0 Å². The van der Waals surface area contributed by atoms with Gasteiger partial charge in [-0.05, 0) is 38.1 Å². The van der Waals surface area contributed by atoms with E-state index in [0.717, 1.165) is 4.57 Å². The standard InChI is InChI=1S/C27H25Cl5N2O8/c1-27(2)41-22-18(10-35)40-25(24(22)42-27)33-5-4-19(36)34(26(33)37)11-39-23(20-14(29)6-12(28)7-15(20)30)21-16(31)8-13(38-3)9-17(21)32/h4-9,18,22-25,35H,10-11H2,1-3H3/t18-,22-,23-,24-,25-/m1/s1. The van der Waals surface area contributed by atoms with E-state index in [1.54, 1.807) is 13.8 Å². The Bertz CT molecular complexity index is 1580. The molecule has 3 aromatic rings. The molecule has 5 rings (SSSR count). The maximum absolute atomic E-state index is 13.7. The third-order valence-corrected chi connectivity index (χ3v) is 8.37. The van der Waals surface area contributed by atoms with Gasteiger partial charge in [0.2, 0.25) is 0 Å². The van der Waals surface area contributed by atoms with Crippen LogP contribution in [0.2, 0.25) is 25.1 Å². The molecule has 226 valence electrons. The number of methoxy groups -OCH3 is 1. The fourth-order valence-corrected chi connectivity index (χ4v) is 6.75.